The van der Waals surface area contributed by atoms with E-state index in [1.54, 1.807) is 0 Å². The highest BCUT2D eigenvalue weighted by Crippen LogP contribution is 2.36. The maximum absolute atomic E-state index is 5.21. The molecule has 4 aliphatic rings. The van der Waals surface area contributed by atoms with Crippen molar-refractivity contribution in [2.75, 3.05) is 0 Å². The normalized spacial score (nSPS) is 32.8. The monoisotopic (exact) mass is 343 g/mol. The molecule has 0 saturated heterocycles. The fourth-order valence-electron chi connectivity index (χ4n) is 4.37. The molecular weight excluding hydrogens is 314 g/mol. The van der Waals surface area contributed by atoms with E-state index in [1.807, 2.05) is 0 Å². The lowest BCUT2D eigenvalue weighted by Gasteiger charge is -2.26. The lowest BCUT2D eigenvalue weighted by Crippen LogP contribution is -2.22. The van der Waals surface area contributed by atoms with Crippen molar-refractivity contribution in [2.45, 2.75) is 39.2 Å². The Balaban J connectivity index is 1.50. The number of allylic oxidation sites excluding steroid dienone is 12. The average Bonchev–Trinajstić information content (AvgIpc) is 3.15. The van der Waals surface area contributed by atoms with Gasteiger partial charge in [-0.05, 0) is 42.4 Å². The zero-order valence-corrected chi connectivity index (χ0v) is 15.9. The van der Waals surface area contributed by atoms with Gasteiger partial charge in [-0.25, -0.2) is 0 Å². The molecule has 1 heteroatoms. The number of hydrogen-bond acceptors (Lipinski definition) is 1. The van der Waals surface area contributed by atoms with Crippen LogP contribution >= 0.6 is 0 Å². The first kappa shape index (κ1) is 17.3. The number of rotatable bonds is 4. The summed E-state index contributed by atoms with van der Waals surface area (Å²) in [5.74, 6) is 2.06. The van der Waals surface area contributed by atoms with Crippen molar-refractivity contribution < 1.29 is 0 Å². The molecule has 0 radical (unpaired) electrons. The van der Waals surface area contributed by atoms with Crippen LogP contribution in [-0.2, 0) is 0 Å². The van der Waals surface area contributed by atoms with Crippen LogP contribution < -0.4 is 0 Å². The molecule has 0 aromatic rings. The maximum atomic E-state index is 5.21. The van der Waals surface area contributed by atoms with E-state index in [1.165, 1.54) is 16.9 Å². The minimum Gasteiger partial charge on any atom is -0.281 e. The number of nitrogens with zero attached hydrogens (tertiary/aromatic N) is 1. The lowest BCUT2D eigenvalue weighted by atomic mass is 9.80. The van der Waals surface area contributed by atoms with E-state index in [9.17, 15) is 0 Å². The molecule has 1 nitrogen and oxygen atoms in total. The van der Waals surface area contributed by atoms with Crippen molar-refractivity contribution in [1.29, 1.82) is 0 Å². The SMILES string of the molecule is CC(C)C1=CC(C2C=CC=CC2)=NC1C1C=CC(C2C=CC=CC2)=CC1. The first-order chi connectivity index (χ1) is 12.7. The molecule has 0 saturated carbocycles. The Morgan fingerprint density at radius 1 is 0.885 bits per heavy atom. The second-order valence-electron chi connectivity index (χ2n) is 8.07. The summed E-state index contributed by atoms with van der Waals surface area (Å²) in [6, 6.07) is 0.320. The Morgan fingerprint density at radius 2 is 1.62 bits per heavy atom. The lowest BCUT2D eigenvalue weighted by molar-refractivity contribution is 0.520. The van der Waals surface area contributed by atoms with Crippen molar-refractivity contribution in [1.82, 2.24) is 0 Å². The highest BCUT2D eigenvalue weighted by atomic mass is 14.8. The Bertz CT molecular complexity index is 779. The molecule has 26 heavy (non-hydrogen) atoms. The third kappa shape index (κ3) is 3.53. The van der Waals surface area contributed by atoms with Crippen LogP contribution in [-0.4, -0.2) is 11.8 Å². The van der Waals surface area contributed by atoms with Gasteiger partial charge in [0.2, 0.25) is 0 Å². The molecule has 1 aliphatic heterocycles. The van der Waals surface area contributed by atoms with Crippen molar-refractivity contribution >= 4 is 5.71 Å². The van der Waals surface area contributed by atoms with Gasteiger partial charge in [-0.3, -0.25) is 4.99 Å². The van der Waals surface area contributed by atoms with Crippen LogP contribution in [0.3, 0.4) is 0 Å². The van der Waals surface area contributed by atoms with Crippen LogP contribution in [0.1, 0.15) is 33.1 Å². The minimum atomic E-state index is 0.320. The van der Waals surface area contributed by atoms with Crippen LogP contribution in [0, 0.1) is 23.7 Å². The largest absolute Gasteiger partial charge is 0.281 e. The van der Waals surface area contributed by atoms with E-state index >= 15 is 0 Å². The van der Waals surface area contributed by atoms with Crippen LogP contribution in [0.2, 0.25) is 0 Å². The predicted molar refractivity (Wildman–Crippen MR) is 112 cm³/mol. The van der Waals surface area contributed by atoms with Crippen molar-refractivity contribution in [3.05, 3.63) is 84.1 Å². The van der Waals surface area contributed by atoms with E-state index in [-0.39, 0.29) is 0 Å². The van der Waals surface area contributed by atoms with Crippen LogP contribution in [0.5, 0.6) is 0 Å². The molecule has 0 spiro atoms. The van der Waals surface area contributed by atoms with Gasteiger partial charge < -0.3 is 0 Å². The summed E-state index contributed by atoms with van der Waals surface area (Å²) < 4.78 is 0. The number of aliphatic imine (C=N–C) groups is 1. The van der Waals surface area contributed by atoms with Gasteiger partial charge in [-0.15, -0.1) is 0 Å². The Hall–Kier alpha value is -2.15. The van der Waals surface area contributed by atoms with Crippen LogP contribution in [0.15, 0.2) is 89.1 Å². The molecule has 1 heterocycles. The van der Waals surface area contributed by atoms with Crippen LogP contribution in [0.4, 0.5) is 0 Å². The molecule has 0 N–H and O–H groups in total. The smallest absolute Gasteiger partial charge is 0.0784 e. The first-order valence-electron chi connectivity index (χ1n) is 10.1. The number of hydrogen-bond donors (Lipinski definition) is 0. The summed E-state index contributed by atoms with van der Waals surface area (Å²) in [5, 5.41) is 0. The van der Waals surface area contributed by atoms with Gasteiger partial charge >= 0.3 is 0 Å². The molecule has 134 valence electrons. The summed E-state index contributed by atoms with van der Waals surface area (Å²) in [5.41, 5.74) is 4.26. The Kier molecular flexibility index (Phi) is 5.06. The molecule has 0 aromatic carbocycles. The standard InChI is InChI=1S/C25H29N/c1-18(2)23-17-24(21-11-7-4-8-12-21)26-25(23)22-15-13-20(14-16-22)19-9-5-3-6-10-19/h3-9,11,13-15,17-19,21-22,25H,10,12,16H2,1-2H3. The molecule has 4 atom stereocenters. The van der Waals surface area contributed by atoms with E-state index in [0.29, 0.717) is 29.7 Å². The third-order valence-corrected chi connectivity index (χ3v) is 5.95. The molecule has 4 unspecified atom stereocenters. The van der Waals surface area contributed by atoms with Gasteiger partial charge in [0.25, 0.3) is 0 Å². The molecule has 0 bridgehead atoms. The average molecular weight is 344 g/mol. The van der Waals surface area contributed by atoms with E-state index in [4.69, 9.17) is 4.99 Å². The van der Waals surface area contributed by atoms with Gasteiger partial charge in [0.15, 0.2) is 0 Å². The zero-order valence-electron chi connectivity index (χ0n) is 15.9. The fraction of sp³-hybridized carbons (Fsp3) is 0.400. The van der Waals surface area contributed by atoms with Gasteiger partial charge in [0.1, 0.15) is 0 Å². The molecule has 4 rings (SSSR count). The second kappa shape index (κ2) is 7.61. The van der Waals surface area contributed by atoms with Crippen molar-refractivity contribution in [3.63, 3.8) is 0 Å². The molecule has 0 aromatic heterocycles. The van der Waals surface area contributed by atoms with Crippen LogP contribution in [0.25, 0.3) is 0 Å². The highest BCUT2D eigenvalue weighted by molar-refractivity contribution is 6.01. The van der Waals surface area contributed by atoms with Gasteiger partial charge in [-0.1, -0.05) is 80.7 Å². The highest BCUT2D eigenvalue weighted by Gasteiger charge is 2.31. The predicted octanol–water partition coefficient (Wildman–Crippen LogP) is 6.16. The topological polar surface area (TPSA) is 12.4 Å². The van der Waals surface area contributed by atoms with Crippen molar-refractivity contribution in [3.8, 4) is 0 Å². The van der Waals surface area contributed by atoms with Gasteiger partial charge in [0.05, 0.1) is 6.04 Å². The summed E-state index contributed by atoms with van der Waals surface area (Å²) in [7, 11) is 0. The summed E-state index contributed by atoms with van der Waals surface area (Å²) >= 11 is 0. The summed E-state index contributed by atoms with van der Waals surface area (Å²) in [4.78, 5) is 5.21. The summed E-state index contributed by atoms with van der Waals surface area (Å²) in [6.45, 7) is 4.61. The first-order valence-corrected chi connectivity index (χ1v) is 10.1. The maximum Gasteiger partial charge on any atom is 0.0784 e. The molecule has 3 aliphatic carbocycles. The Labute approximate surface area is 158 Å². The molecule has 0 fully saturated rings. The minimum absolute atomic E-state index is 0.320. The zero-order chi connectivity index (χ0) is 17.9. The summed E-state index contributed by atoms with van der Waals surface area (Å²) in [6.07, 6.45) is 30.7. The van der Waals surface area contributed by atoms with Gasteiger partial charge in [0, 0.05) is 23.5 Å². The van der Waals surface area contributed by atoms with E-state index in [2.05, 4.69) is 86.8 Å². The third-order valence-electron chi connectivity index (χ3n) is 5.95. The molecule has 0 amide bonds. The fourth-order valence-corrected chi connectivity index (χ4v) is 4.37. The second-order valence-corrected chi connectivity index (χ2v) is 8.07. The molecular formula is C25H29N. The van der Waals surface area contributed by atoms with E-state index in [0.717, 1.165) is 19.3 Å². The quantitative estimate of drug-likeness (QED) is 0.580. The van der Waals surface area contributed by atoms with Gasteiger partial charge in [-0.2, -0.15) is 0 Å². The van der Waals surface area contributed by atoms with E-state index < -0.39 is 0 Å². The van der Waals surface area contributed by atoms with Crippen molar-refractivity contribution in [2.24, 2.45) is 28.7 Å². The Morgan fingerprint density at radius 3 is 2.19 bits per heavy atom.